The molecule has 0 fully saturated rings. The number of para-hydroxylation sites is 1. The first-order valence-electron chi connectivity index (χ1n) is 8.83. The quantitative estimate of drug-likeness (QED) is 0.641. The second kappa shape index (κ2) is 7.07. The minimum Gasteiger partial charge on any atom is -0.307 e. The molecule has 0 unspecified atom stereocenters. The van der Waals surface area contributed by atoms with Crippen LogP contribution in [-0.2, 0) is 12.6 Å². The Morgan fingerprint density at radius 1 is 1.00 bits per heavy atom. The van der Waals surface area contributed by atoms with Crippen molar-refractivity contribution in [1.82, 2.24) is 9.97 Å². The van der Waals surface area contributed by atoms with Crippen LogP contribution in [0.5, 0.6) is 0 Å². The molecule has 2 heterocycles. The first-order chi connectivity index (χ1) is 13.4. The van der Waals surface area contributed by atoms with Gasteiger partial charge in [0, 0.05) is 17.8 Å². The number of nitrogens with zero attached hydrogens (tertiary/aromatic N) is 3. The normalized spacial score (nSPS) is 13.9. The van der Waals surface area contributed by atoms with Crippen molar-refractivity contribution in [2.45, 2.75) is 19.0 Å². The van der Waals surface area contributed by atoms with E-state index >= 15 is 0 Å². The van der Waals surface area contributed by atoms with Crippen LogP contribution in [0.2, 0.25) is 0 Å². The zero-order chi connectivity index (χ0) is 19.7. The molecule has 0 bridgehead atoms. The number of hydrogen-bond donors (Lipinski definition) is 0. The number of hydrogen-bond acceptors (Lipinski definition) is 3. The fourth-order valence-electron chi connectivity index (χ4n) is 3.32. The Labute approximate surface area is 159 Å². The summed E-state index contributed by atoms with van der Waals surface area (Å²) in [6.45, 7) is 0.585. The van der Waals surface area contributed by atoms with Crippen LogP contribution < -0.4 is 4.90 Å². The lowest BCUT2D eigenvalue weighted by Crippen LogP contribution is -2.36. The van der Waals surface area contributed by atoms with Crippen LogP contribution in [0, 0.1) is 0 Å². The first kappa shape index (κ1) is 18.2. The molecule has 1 aromatic heterocycles. The summed E-state index contributed by atoms with van der Waals surface area (Å²) in [6.07, 6.45) is 0.187. The van der Waals surface area contributed by atoms with Gasteiger partial charge in [-0.3, -0.25) is 9.78 Å². The summed E-state index contributed by atoms with van der Waals surface area (Å²) in [7, 11) is 0. The van der Waals surface area contributed by atoms with E-state index in [4.69, 9.17) is 0 Å². The van der Waals surface area contributed by atoms with Gasteiger partial charge in [-0.2, -0.15) is 13.2 Å². The van der Waals surface area contributed by atoms with Crippen LogP contribution in [0.4, 0.5) is 18.9 Å². The minimum atomic E-state index is -4.40. The summed E-state index contributed by atoms with van der Waals surface area (Å²) in [5, 5.41) is 0. The monoisotopic (exact) mass is 383 g/mol. The highest BCUT2D eigenvalue weighted by molar-refractivity contribution is 6.05. The maximum Gasteiger partial charge on any atom is 0.416 e. The van der Waals surface area contributed by atoms with Crippen LogP contribution >= 0.6 is 0 Å². The van der Waals surface area contributed by atoms with Crippen LogP contribution in [0.1, 0.15) is 28.0 Å². The van der Waals surface area contributed by atoms with E-state index in [1.54, 1.807) is 4.90 Å². The number of amides is 1. The maximum absolute atomic E-state index is 13.0. The van der Waals surface area contributed by atoms with E-state index < -0.39 is 11.7 Å². The van der Waals surface area contributed by atoms with Crippen molar-refractivity contribution in [2.75, 3.05) is 11.4 Å². The minimum absolute atomic E-state index is 0.161. The molecule has 7 heteroatoms. The number of anilines is 1. The zero-order valence-electron chi connectivity index (χ0n) is 14.8. The van der Waals surface area contributed by atoms with Gasteiger partial charge in [0.05, 0.1) is 23.7 Å². The Hall–Kier alpha value is -3.22. The topological polar surface area (TPSA) is 46.1 Å². The number of aromatic nitrogens is 2. The number of carbonyl (C=O) groups is 1. The van der Waals surface area contributed by atoms with Gasteiger partial charge in [-0.05, 0) is 36.6 Å². The van der Waals surface area contributed by atoms with E-state index in [0.29, 0.717) is 17.8 Å². The van der Waals surface area contributed by atoms with E-state index in [1.807, 2.05) is 24.3 Å². The third kappa shape index (κ3) is 3.47. The Kier molecular flexibility index (Phi) is 4.58. The molecule has 0 radical (unpaired) electrons. The molecule has 142 valence electrons. The number of benzene rings is 2. The van der Waals surface area contributed by atoms with Gasteiger partial charge in [0.25, 0.3) is 5.91 Å². The molecule has 28 heavy (non-hydrogen) atoms. The number of alkyl halides is 3. The average Bonchev–Trinajstić information content (AvgIpc) is 2.72. The fraction of sp³-hybridized carbons (Fsp3) is 0.190. The van der Waals surface area contributed by atoms with Crippen molar-refractivity contribution >= 4 is 11.6 Å². The molecule has 0 saturated carbocycles. The number of aryl methyl sites for hydroxylation is 1. The Bertz CT molecular complexity index is 1020. The Morgan fingerprint density at radius 3 is 2.50 bits per heavy atom. The highest BCUT2D eigenvalue weighted by Gasteiger charge is 2.30. The van der Waals surface area contributed by atoms with Gasteiger partial charge < -0.3 is 4.90 Å². The third-order valence-corrected chi connectivity index (χ3v) is 4.72. The SMILES string of the molecule is O=C(c1cncc(-c2ccc(C(F)(F)F)cc2)n1)N1CCCc2ccccc21. The number of fused-ring (bicyclic) bond motifs is 1. The molecule has 0 spiro atoms. The van der Waals surface area contributed by atoms with E-state index in [1.165, 1.54) is 24.5 Å². The second-order valence-electron chi connectivity index (χ2n) is 6.55. The van der Waals surface area contributed by atoms with Crippen molar-refractivity contribution in [3.05, 3.63) is 77.7 Å². The van der Waals surface area contributed by atoms with Gasteiger partial charge in [0.1, 0.15) is 5.69 Å². The molecule has 2 aromatic carbocycles. The largest absolute Gasteiger partial charge is 0.416 e. The first-order valence-corrected chi connectivity index (χ1v) is 8.83. The zero-order valence-corrected chi connectivity index (χ0v) is 14.8. The molecule has 0 N–H and O–H groups in total. The van der Waals surface area contributed by atoms with E-state index in [-0.39, 0.29) is 11.6 Å². The Balaban J connectivity index is 1.64. The number of rotatable bonds is 2. The van der Waals surface area contributed by atoms with Gasteiger partial charge in [0.15, 0.2) is 0 Å². The predicted octanol–water partition coefficient (Wildman–Crippen LogP) is 4.76. The molecule has 4 nitrogen and oxygen atoms in total. The summed E-state index contributed by atoms with van der Waals surface area (Å²) in [5.74, 6) is -0.270. The van der Waals surface area contributed by atoms with Crippen LogP contribution in [0.3, 0.4) is 0 Å². The van der Waals surface area contributed by atoms with Crippen LogP contribution in [0.15, 0.2) is 60.9 Å². The lowest BCUT2D eigenvalue weighted by Gasteiger charge is -2.29. The van der Waals surface area contributed by atoms with Gasteiger partial charge in [0.2, 0.25) is 0 Å². The van der Waals surface area contributed by atoms with Crippen LogP contribution in [-0.4, -0.2) is 22.4 Å². The summed E-state index contributed by atoms with van der Waals surface area (Å²) in [4.78, 5) is 23.1. The second-order valence-corrected chi connectivity index (χ2v) is 6.55. The Morgan fingerprint density at radius 2 is 1.75 bits per heavy atom. The molecule has 0 saturated heterocycles. The molecule has 3 aromatic rings. The summed E-state index contributed by atoms with van der Waals surface area (Å²) in [6, 6.07) is 12.4. The van der Waals surface area contributed by atoms with Crippen molar-refractivity contribution < 1.29 is 18.0 Å². The molecule has 0 aliphatic carbocycles. The van der Waals surface area contributed by atoms with E-state index in [0.717, 1.165) is 36.2 Å². The van der Waals surface area contributed by atoms with E-state index in [2.05, 4.69) is 9.97 Å². The lowest BCUT2D eigenvalue weighted by atomic mass is 10.0. The summed E-state index contributed by atoms with van der Waals surface area (Å²) < 4.78 is 38.2. The fourth-order valence-corrected chi connectivity index (χ4v) is 3.32. The molecule has 1 amide bonds. The maximum atomic E-state index is 13.0. The van der Waals surface area contributed by atoms with Crippen molar-refractivity contribution in [1.29, 1.82) is 0 Å². The molecule has 0 atom stereocenters. The number of halogens is 3. The lowest BCUT2D eigenvalue weighted by molar-refractivity contribution is -0.137. The van der Waals surface area contributed by atoms with Gasteiger partial charge in [-0.15, -0.1) is 0 Å². The summed E-state index contributed by atoms with van der Waals surface area (Å²) in [5.41, 5.74) is 2.21. The third-order valence-electron chi connectivity index (χ3n) is 4.72. The smallest absolute Gasteiger partial charge is 0.307 e. The summed E-state index contributed by atoms with van der Waals surface area (Å²) >= 11 is 0. The molecular formula is C21H16F3N3O. The van der Waals surface area contributed by atoms with Gasteiger partial charge in [-0.1, -0.05) is 30.3 Å². The highest BCUT2D eigenvalue weighted by atomic mass is 19.4. The van der Waals surface area contributed by atoms with Gasteiger partial charge >= 0.3 is 6.18 Å². The molecule has 1 aliphatic rings. The highest BCUT2D eigenvalue weighted by Crippen LogP contribution is 2.31. The van der Waals surface area contributed by atoms with Gasteiger partial charge in [-0.25, -0.2) is 4.98 Å². The van der Waals surface area contributed by atoms with Crippen molar-refractivity contribution in [3.8, 4) is 11.3 Å². The van der Waals surface area contributed by atoms with Crippen molar-refractivity contribution in [2.24, 2.45) is 0 Å². The van der Waals surface area contributed by atoms with Crippen LogP contribution in [0.25, 0.3) is 11.3 Å². The molecular weight excluding hydrogens is 367 g/mol. The number of carbonyl (C=O) groups excluding carboxylic acids is 1. The van der Waals surface area contributed by atoms with E-state index in [9.17, 15) is 18.0 Å². The molecule has 4 rings (SSSR count). The predicted molar refractivity (Wildman–Crippen MR) is 98.9 cm³/mol. The van der Waals surface area contributed by atoms with Crippen molar-refractivity contribution in [3.63, 3.8) is 0 Å². The standard InChI is InChI=1S/C21H16F3N3O/c22-21(23,24)16-9-7-14(8-10-16)17-12-25-13-18(26-17)20(28)27-11-3-5-15-4-1-2-6-19(15)27/h1-2,4,6-10,12-13H,3,5,11H2. The molecule has 1 aliphatic heterocycles. The average molecular weight is 383 g/mol.